The van der Waals surface area contributed by atoms with Crippen LogP contribution in [0.2, 0.25) is 0 Å². The molecule has 55 heavy (non-hydrogen) atoms. The van der Waals surface area contributed by atoms with E-state index < -0.39 is 0 Å². The van der Waals surface area contributed by atoms with Crippen molar-refractivity contribution in [3.05, 3.63) is 218 Å². The highest BCUT2D eigenvalue weighted by Crippen LogP contribution is 2.32. The molecule has 3 nitrogen and oxygen atoms in total. The van der Waals surface area contributed by atoms with Crippen molar-refractivity contribution in [2.75, 3.05) is 5.32 Å². The summed E-state index contributed by atoms with van der Waals surface area (Å²) in [6.45, 7) is 0. The first-order valence-corrected chi connectivity index (χ1v) is 18.6. The summed E-state index contributed by atoms with van der Waals surface area (Å²) in [7, 11) is 0. The van der Waals surface area contributed by atoms with Crippen molar-refractivity contribution in [3.63, 3.8) is 0 Å². The lowest BCUT2D eigenvalue weighted by Crippen LogP contribution is -1.91. The van der Waals surface area contributed by atoms with Crippen LogP contribution in [0.3, 0.4) is 0 Å². The van der Waals surface area contributed by atoms with Gasteiger partial charge < -0.3 is 14.7 Å². The molecule has 0 amide bonds. The summed E-state index contributed by atoms with van der Waals surface area (Å²) in [5, 5.41) is 11.0. The van der Waals surface area contributed by atoms with Gasteiger partial charge >= 0.3 is 0 Å². The number of para-hydroxylation sites is 3. The fourth-order valence-electron chi connectivity index (χ4n) is 7.20. The van der Waals surface area contributed by atoms with Crippen LogP contribution < -0.4 is 5.32 Å². The molecule has 11 rings (SSSR count). The number of nitrogens with one attached hydrogen (secondary N) is 2. The Kier molecular flexibility index (Phi) is 9.32. The quantitative estimate of drug-likeness (QED) is 0.191. The van der Waals surface area contributed by atoms with Gasteiger partial charge in [-0.1, -0.05) is 170 Å². The van der Waals surface area contributed by atoms with Crippen molar-refractivity contribution in [1.82, 2.24) is 4.98 Å². The molecule has 2 N–H and O–H groups in total. The van der Waals surface area contributed by atoms with E-state index in [1.165, 1.54) is 65.6 Å². The smallest absolute Gasteiger partial charge is 0.135 e. The zero-order valence-electron chi connectivity index (χ0n) is 30.2. The van der Waals surface area contributed by atoms with Gasteiger partial charge in [-0.2, -0.15) is 0 Å². The lowest BCUT2D eigenvalue weighted by Gasteiger charge is -2.11. The average Bonchev–Trinajstić information content (AvgIpc) is 3.83. The van der Waals surface area contributed by atoms with Crippen molar-refractivity contribution < 1.29 is 4.42 Å². The molecular weight excluding hydrogens is 669 g/mol. The maximum atomic E-state index is 5.65. The molecule has 2 aromatic heterocycles. The second-order valence-corrected chi connectivity index (χ2v) is 13.5. The zero-order valence-corrected chi connectivity index (χ0v) is 30.2. The summed E-state index contributed by atoms with van der Waals surface area (Å²) in [5.74, 6) is 0. The van der Waals surface area contributed by atoms with Crippen LogP contribution in [0.1, 0.15) is 0 Å². The van der Waals surface area contributed by atoms with Gasteiger partial charge in [0, 0.05) is 49.3 Å². The van der Waals surface area contributed by atoms with Crippen molar-refractivity contribution >= 4 is 65.9 Å². The molecule has 9 aromatic carbocycles. The molecule has 0 radical (unpaired) electrons. The highest BCUT2D eigenvalue weighted by Gasteiger charge is 2.07. The summed E-state index contributed by atoms with van der Waals surface area (Å²) >= 11 is 0. The summed E-state index contributed by atoms with van der Waals surface area (Å²) < 4.78 is 5.65. The number of furan rings is 1. The van der Waals surface area contributed by atoms with Crippen LogP contribution in [0.4, 0.5) is 11.4 Å². The van der Waals surface area contributed by atoms with Gasteiger partial charge in [-0.15, -0.1) is 0 Å². The summed E-state index contributed by atoms with van der Waals surface area (Å²) in [5.41, 5.74) is 11.5. The van der Waals surface area contributed by atoms with Crippen LogP contribution >= 0.6 is 0 Å². The minimum atomic E-state index is 0.962. The molecule has 0 bridgehead atoms. The zero-order chi connectivity index (χ0) is 36.8. The number of fused-ring (bicyclic) bond motifs is 7. The number of benzene rings is 9. The Bertz CT molecular complexity index is 2900. The highest BCUT2D eigenvalue weighted by molar-refractivity contribution is 6.08. The van der Waals surface area contributed by atoms with Gasteiger partial charge in [-0.3, -0.25) is 0 Å². The van der Waals surface area contributed by atoms with Gasteiger partial charge in [0.05, 0.1) is 0 Å². The van der Waals surface area contributed by atoms with Crippen molar-refractivity contribution in [2.45, 2.75) is 0 Å². The van der Waals surface area contributed by atoms with Crippen LogP contribution in [0.5, 0.6) is 0 Å². The molecular formula is C52H38N2O. The molecule has 0 aliphatic rings. The van der Waals surface area contributed by atoms with E-state index in [1.54, 1.807) is 0 Å². The first-order chi connectivity index (χ1) is 27.3. The molecule has 0 atom stereocenters. The van der Waals surface area contributed by atoms with Crippen LogP contribution in [0, 0.1) is 0 Å². The van der Waals surface area contributed by atoms with E-state index in [0.717, 1.165) is 22.5 Å². The van der Waals surface area contributed by atoms with E-state index >= 15 is 0 Å². The lowest BCUT2D eigenvalue weighted by molar-refractivity contribution is 0.669. The van der Waals surface area contributed by atoms with Gasteiger partial charge in [-0.05, 0) is 76.2 Å². The predicted octanol–water partition coefficient (Wildman–Crippen LogP) is 14.8. The Morgan fingerprint density at radius 2 is 0.818 bits per heavy atom. The van der Waals surface area contributed by atoms with Gasteiger partial charge in [0.1, 0.15) is 11.2 Å². The standard InChI is InChI=1S/C28H20N2.C12H8O.C12H10/c1-2-8-23-20(6-1)7-5-11-26(23)29-22-15-12-19(13-16-22)21-14-17-28-25(18-21)24-9-3-4-10-27(24)30-28;1-3-7-11-9(5-1)10-6-2-4-8-12(10)13-11;1-3-7-11(8-4-1)12-9-5-2-6-10-12/h1-18,29-30H;1-8H;1-10H. The van der Waals surface area contributed by atoms with Gasteiger partial charge in [0.15, 0.2) is 0 Å². The molecule has 11 aromatic rings. The Balaban J connectivity index is 0.000000130. The minimum Gasteiger partial charge on any atom is -0.456 e. The Morgan fingerprint density at radius 1 is 0.327 bits per heavy atom. The van der Waals surface area contributed by atoms with Gasteiger partial charge in [0.25, 0.3) is 0 Å². The summed E-state index contributed by atoms with van der Waals surface area (Å²) in [4.78, 5) is 3.50. The van der Waals surface area contributed by atoms with E-state index in [4.69, 9.17) is 4.42 Å². The molecule has 262 valence electrons. The number of hydrogen-bond acceptors (Lipinski definition) is 2. The van der Waals surface area contributed by atoms with E-state index in [0.29, 0.717) is 0 Å². The molecule has 0 saturated heterocycles. The molecule has 0 fully saturated rings. The second kappa shape index (κ2) is 15.3. The highest BCUT2D eigenvalue weighted by atomic mass is 16.3. The first kappa shape index (κ1) is 33.5. The summed E-state index contributed by atoms with van der Waals surface area (Å²) in [6, 6.07) is 75.6. The molecule has 2 heterocycles. The third kappa shape index (κ3) is 7.20. The van der Waals surface area contributed by atoms with Crippen molar-refractivity contribution in [1.29, 1.82) is 0 Å². The third-order valence-corrected chi connectivity index (χ3v) is 9.96. The maximum absolute atomic E-state index is 5.65. The van der Waals surface area contributed by atoms with Gasteiger partial charge in [0.2, 0.25) is 0 Å². The van der Waals surface area contributed by atoms with E-state index in [2.05, 4.69) is 180 Å². The fourth-order valence-corrected chi connectivity index (χ4v) is 7.20. The van der Waals surface area contributed by atoms with Crippen LogP contribution in [-0.2, 0) is 0 Å². The number of aromatic amines is 1. The van der Waals surface area contributed by atoms with Crippen LogP contribution in [0.25, 0.3) is 76.8 Å². The third-order valence-electron chi connectivity index (χ3n) is 9.96. The van der Waals surface area contributed by atoms with Crippen molar-refractivity contribution in [3.8, 4) is 22.3 Å². The number of anilines is 2. The van der Waals surface area contributed by atoms with E-state index in [-0.39, 0.29) is 0 Å². The maximum Gasteiger partial charge on any atom is 0.135 e. The topological polar surface area (TPSA) is 41.0 Å². The predicted molar refractivity (Wildman–Crippen MR) is 234 cm³/mol. The molecule has 0 unspecified atom stereocenters. The molecule has 0 saturated carbocycles. The second-order valence-electron chi connectivity index (χ2n) is 13.5. The number of aromatic nitrogens is 1. The largest absolute Gasteiger partial charge is 0.456 e. The Labute approximate surface area is 320 Å². The van der Waals surface area contributed by atoms with E-state index in [1.807, 2.05) is 48.5 Å². The molecule has 0 spiro atoms. The fraction of sp³-hybridized carbons (Fsp3) is 0. The monoisotopic (exact) mass is 706 g/mol. The van der Waals surface area contributed by atoms with E-state index in [9.17, 15) is 0 Å². The van der Waals surface area contributed by atoms with Crippen LogP contribution in [-0.4, -0.2) is 4.98 Å². The average molecular weight is 707 g/mol. The lowest BCUT2D eigenvalue weighted by atomic mass is 10.0. The Morgan fingerprint density at radius 3 is 1.49 bits per heavy atom. The molecule has 0 aliphatic carbocycles. The SMILES string of the molecule is c1ccc(-c2ccccc2)cc1.c1ccc2c(Nc3ccc(-c4ccc5[nH]c6ccccc6c5c4)cc3)cccc2c1.c1ccc2c(c1)oc1ccccc12. The Hall–Kier alpha value is -7.36. The molecule has 0 aliphatic heterocycles. The first-order valence-electron chi connectivity index (χ1n) is 18.6. The number of H-pyrrole nitrogens is 1. The van der Waals surface area contributed by atoms with Crippen molar-refractivity contribution in [2.24, 2.45) is 0 Å². The molecule has 3 heteroatoms. The summed E-state index contributed by atoms with van der Waals surface area (Å²) in [6.07, 6.45) is 0. The minimum absolute atomic E-state index is 0.962. The number of rotatable bonds is 4. The number of hydrogen-bond donors (Lipinski definition) is 2. The normalized spacial score (nSPS) is 10.9. The van der Waals surface area contributed by atoms with Crippen LogP contribution in [0.15, 0.2) is 223 Å². The van der Waals surface area contributed by atoms with Gasteiger partial charge in [-0.25, -0.2) is 0 Å².